The smallest absolute Gasteiger partial charge is 0.244 e. The molecule has 26 heavy (non-hydrogen) atoms. The molecule has 0 bridgehead atoms. The highest BCUT2D eigenvalue weighted by Gasteiger charge is 2.38. The predicted octanol–water partition coefficient (Wildman–Crippen LogP) is 2.71. The summed E-state index contributed by atoms with van der Waals surface area (Å²) < 4.78 is 0. The minimum atomic E-state index is -0.0919. The molecule has 1 atom stereocenters. The molecule has 1 aromatic heterocycles. The number of halogens is 2. The van der Waals surface area contributed by atoms with Gasteiger partial charge in [0.15, 0.2) is 5.82 Å². The first kappa shape index (κ1) is 17.5. The van der Waals surface area contributed by atoms with Gasteiger partial charge in [0.1, 0.15) is 0 Å². The van der Waals surface area contributed by atoms with Gasteiger partial charge in [0.2, 0.25) is 5.91 Å². The van der Waals surface area contributed by atoms with Gasteiger partial charge in [-0.05, 0) is 36.8 Å². The van der Waals surface area contributed by atoms with Crippen LogP contribution in [0.15, 0.2) is 36.5 Å². The van der Waals surface area contributed by atoms with Crippen molar-refractivity contribution in [3.05, 3.63) is 46.6 Å². The van der Waals surface area contributed by atoms with Crippen LogP contribution in [0, 0.1) is 0 Å². The van der Waals surface area contributed by atoms with Gasteiger partial charge < -0.3 is 9.80 Å². The van der Waals surface area contributed by atoms with Gasteiger partial charge in [-0.2, -0.15) is 5.10 Å². The number of carbonyl (C=O) groups excluding carboxylic acids is 1. The number of rotatable bonds is 3. The number of aromatic nitrogens is 2. The van der Waals surface area contributed by atoms with E-state index in [1.165, 1.54) is 0 Å². The molecule has 4 rings (SSSR count). The first-order chi connectivity index (χ1) is 12.6. The van der Waals surface area contributed by atoms with Crippen LogP contribution < -0.4 is 9.80 Å². The topological polar surface area (TPSA) is 52.6 Å². The van der Waals surface area contributed by atoms with E-state index in [-0.39, 0.29) is 11.9 Å². The molecule has 1 unspecified atom stereocenters. The van der Waals surface area contributed by atoms with Crippen LogP contribution in [0.2, 0.25) is 10.0 Å². The molecule has 2 fully saturated rings. The Balaban J connectivity index is 1.41. The third kappa shape index (κ3) is 3.37. The van der Waals surface area contributed by atoms with Crippen molar-refractivity contribution < 1.29 is 4.79 Å². The van der Waals surface area contributed by atoms with Crippen LogP contribution in [-0.4, -0.2) is 59.8 Å². The first-order valence-corrected chi connectivity index (χ1v) is 9.42. The van der Waals surface area contributed by atoms with Crippen molar-refractivity contribution in [1.29, 1.82) is 0 Å². The van der Waals surface area contributed by atoms with Crippen molar-refractivity contribution >= 4 is 40.6 Å². The van der Waals surface area contributed by atoms with Crippen LogP contribution >= 0.6 is 23.2 Å². The van der Waals surface area contributed by atoms with Crippen LogP contribution in [0.1, 0.15) is 6.42 Å². The third-order valence-electron chi connectivity index (χ3n) is 5.02. The number of carbonyl (C=O) groups is 1. The molecular weight excluding hydrogens is 373 g/mol. The Hall–Kier alpha value is -1.89. The second-order valence-electron chi connectivity index (χ2n) is 6.49. The largest absolute Gasteiger partial charge is 0.353 e. The molecular formula is C18H19Cl2N5O. The zero-order valence-electron chi connectivity index (χ0n) is 14.2. The van der Waals surface area contributed by atoms with Crippen molar-refractivity contribution in [1.82, 2.24) is 15.1 Å². The lowest BCUT2D eigenvalue weighted by Gasteiger charge is -2.37. The molecule has 0 spiro atoms. The summed E-state index contributed by atoms with van der Waals surface area (Å²) in [5.41, 5.74) is 0.738. The van der Waals surface area contributed by atoms with E-state index < -0.39 is 0 Å². The van der Waals surface area contributed by atoms with Gasteiger partial charge in [-0.3, -0.25) is 9.69 Å². The van der Waals surface area contributed by atoms with E-state index in [0.717, 1.165) is 44.1 Å². The number of amides is 1. The third-order valence-corrected chi connectivity index (χ3v) is 5.55. The molecule has 2 aromatic rings. The number of anilines is 2. The number of nitrogens with zero attached hydrogens (tertiary/aromatic N) is 5. The lowest BCUT2D eigenvalue weighted by molar-refractivity contribution is -0.121. The highest BCUT2D eigenvalue weighted by atomic mass is 35.5. The molecule has 0 saturated carbocycles. The first-order valence-electron chi connectivity index (χ1n) is 8.66. The molecule has 6 nitrogen and oxygen atoms in total. The van der Waals surface area contributed by atoms with Gasteiger partial charge in [-0.25, -0.2) is 0 Å². The van der Waals surface area contributed by atoms with Crippen LogP contribution in [-0.2, 0) is 4.79 Å². The molecule has 0 N–H and O–H groups in total. The van der Waals surface area contributed by atoms with E-state index in [1.54, 1.807) is 23.2 Å². The maximum atomic E-state index is 13.0. The van der Waals surface area contributed by atoms with E-state index in [1.807, 2.05) is 18.2 Å². The summed E-state index contributed by atoms with van der Waals surface area (Å²) in [6.45, 7) is 4.01. The van der Waals surface area contributed by atoms with Crippen molar-refractivity contribution in [2.24, 2.45) is 0 Å². The molecule has 136 valence electrons. The average molecular weight is 392 g/mol. The Labute approximate surface area is 162 Å². The Kier molecular flexibility index (Phi) is 4.98. The van der Waals surface area contributed by atoms with Gasteiger partial charge in [-0.1, -0.05) is 23.2 Å². The summed E-state index contributed by atoms with van der Waals surface area (Å²) in [6.07, 6.45) is 2.48. The van der Waals surface area contributed by atoms with Crippen molar-refractivity contribution in [2.45, 2.75) is 12.5 Å². The lowest BCUT2D eigenvalue weighted by Crippen LogP contribution is -2.52. The standard InChI is InChI=1S/C18H19Cl2N5O/c19-13-3-4-15(14(20)12-13)25-7-5-16(18(25)26)23-8-10-24(11-9-23)17-2-1-6-21-22-17/h1-4,6,12,16H,5,7-11H2. The summed E-state index contributed by atoms with van der Waals surface area (Å²) in [4.78, 5) is 19.2. The molecule has 8 heteroatoms. The van der Waals surface area contributed by atoms with E-state index in [4.69, 9.17) is 23.2 Å². The summed E-state index contributed by atoms with van der Waals surface area (Å²) in [5, 5.41) is 9.19. The molecule has 3 heterocycles. The summed E-state index contributed by atoms with van der Waals surface area (Å²) >= 11 is 12.2. The van der Waals surface area contributed by atoms with Crippen LogP contribution in [0.5, 0.6) is 0 Å². The van der Waals surface area contributed by atoms with Crippen LogP contribution in [0.4, 0.5) is 11.5 Å². The fourth-order valence-electron chi connectivity index (χ4n) is 3.67. The Morgan fingerprint density at radius 1 is 1.04 bits per heavy atom. The van der Waals surface area contributed by atoms with Crippen LogP contribution in [0.25, 0.3) is 0 Å². The maximum absolute atomic E-state index is 13.0. The SMILES string of the molecule is O=C1C(N2CCN(c3cccnn3)CC2)CCN1c1ccc(Cl)cc1Cl. The fourth-order valence-corrected chi connectivity index (χ4v) is 4.18. The summed E-state index contributed by atoms with van der Waals surface area (Å²) in [5.74, 6) is 1.00. The normalized spacial score (nSPS) is 21.5. The van der Waals surface area contributed by atoms with Crippen LogP contribution in [0.3, 0.4) is 0 Å². The fraction of sp³-hybridized carbons (Fsp3) is 0.389. The van der Waals surface area contributed by atoms with Gasteiger partial charge in [-0.15, -0.1) is 5.10 Å². The number of piperazine rings is 1. The average Bonchev–Trinajstić information content (AvgIpc) is 3.04. The molecule has 1 aromatic carbocycles. The summed E-state index contributed by atoms with van der Waals surface area (Å²) in [6, 6.07) is 9.03. The monoisotopic (exact) mass is 391 g/mol. The quantitative estimate of drug-likeness (QED) is 0.804. The molecule has 0 radical (unpaired) electrons. The van der Waals surface area contributed by atoms with Gasteiger partial charge in [0, 0.05) is 43.9 Å². The molecule has 0 aliphatic carbocycles. The maximum Gasteiger partial charge on any atom is 0.244 e. The van der Waals surface area contributed by atoms with Gasteiger partial charge in [0.05, 0.1) is 16.8 Å². The molecule has 2 aliphatic heterocycles. The summed E-state index contributed by atoms with van der Waals surface area (Å²) in [7, 11) is 0. The van der Waals surface area contributed by atoms with Crippen molar-refractivity contribution in [3.63, 3.8) is 0 Å². The van der Waals surface area contributed by atoms with Crippen molar-refractivity contribution in [3.8, 4) is 0 Å². The highest BCUT2D eigenvalue weighted by molar-refractivity contribution is 6.36. The minimum absolute atomic E-state index is 0.0919. The lowest BCUT2D eigenvalue weighted by atomic mass is 10.2. The molecule has 2 saturated heterocycles. The predicted molar refractivity (Wildman–Crippen MR) is 103 cm³/mol. The number of hydrogen-bond acceptors (Lipinski definition) is 5. The number of hydrogen-bond donors (Lipinski definition) is 0. The van der Waals surface area contributed by atoms with Gasteiger partial charge >= 0.3 is 0 Å². The molecule has 1 amide bonds. The van der Waals surface area contributed by atoms with E-state index >= 15 is 0 Å². The Morgan fingerprint density at radius 2 is 1.85 bits per heavy atom. The van der Waals surface area contributed by atoms with E-state index in [0.29, 0.717) is 16.6 Å². The van der Waals surface area contributed by atoms with E-state index in [2.05, 4.69) is 20.0 Å². The van der Waals surface area contributed by atoms with Crippen molar-refractivity contribution in [2.75, 3.05) is 42.5 Å². The second-order valence-corrected chi connectivity index (χ2v) is 7.34. The minimum Gasteiger partial charge on any atom is -0.353 e. The zero-order valence-corrected chi connectivity index (χ0v) is 15.7. The van der Waals surface area contributed by atoms with Gasteiger partial charge in [0.25, 0.3) is 0 Å². The zero-order chi connectivity index (χ0) is 18.1. The number of benzene rings is 1. The van der Waals surface area contributed by atoms with E-state index in [9.17, 15) is 4.79 Å². The second kappa shape index (κ2) is 7.39. The highest BCUT2D eigenvalue weighted by Crippen LogP contribution is 2.33. The Bertz CT molecular complexity index is 795. The Morgan fingerprint density at radius 3 is 2.54 bits per heavy atom. The molecule has 2 aliphatic rings.